The van der Waals surface area contributed by atoms with Crippen LogP contribution in [0.1, 0.15) is 49.1 Å². The quantitative estimate of drug-likeness (QED) is 0.838. The van der Waals surface area contributed by atoms with Gasteiger partial charge < -0.3 is 14.2 Å². The molecule has 8 heteroatoms. The van der Waals surface area contributed by atoms with Crippen LogP contribution in [0.25, 0.3) is 0 Å². The number of aromatic nitrogens is 3. The zero-order chi connectivity index (χ0) is 18.3. The standard InChI is InChI=1S/C18H22FN5O2/c1-11-8-23(18(25)14-7-22-17(26-14)13-3-4-13)10-12(2)24(9-11)16-15(19)20-5-6-21-16/h5-7,11-13H,3-4,8-10H2,1-2H3. The minimum absolute atomic E-state index is 0.0964. The van der Waals surface area contributed by atoms with Crippen molar-refractivity contribution in [2.24, 2.45) is 5.92 Å². The normalized spacial score (nSPS) is 23.8. The summed E-state index contributed by atoms with van der Waals surface area (Å²) in [4.78, 5) is 28.6. The maximum atomic E-state index is 14.1. The van der Waals surface area contributed by atoms with Gasteiger partial charge >= 0.3 is 0 Å². The number of anilines is 1. The summed E-state index contributed by atoms with van der Waals surface area (Å²) in [6, 6.07) is -0.0964. The zero-order valence-corrected chi connectivity index (χ0v) is 14.9. The van der Waals surface area contributed by atoms with Crippen LogP contribution in [0.4, 0.5) is 10.2 Å². The lowest BCUT2D eigenvalue weighted by atomic mass is 10.1. The lowest BCUT2D eigenvalue weighted by Gasteiger charge is -2.29. The highest BCUT2D eigenvalue weighted by molar-refractivity contribution is 5.91. The Labute approximate surface area is 151 Å². The van der Waals surface area contributed by atoms with Gasteiger partial charge in [-0.2, -0.15) is 4.39 Å². The highest BCUT2D eigenvalue weighted by atomic mass is 19.1. The minimum atomic E-state index is -0.587. The second kappa shape index (κ2) is 6.66. The Morgan fingerprint density at radius 2 is 1.92 bits per heavy atom. The van der Waals surface area contributed by atoms with Gasteiger partial charge in [-0.15, -0.1) is 0 Å². The fourth-order valence-corrected chi connectivity index (χ4v) is 3.47. The van der Waals surface area contributed by atoms with Crippen LogP contribution in [0.15, 0.2) is 23.0 Å². The van der Waals surface area contributed by atoms with Crippen LogP contribution in [0.2, 0.25) is 0 Å². The molecule has 7 nitrogen and oxygen atoms in total. The number of carbonyl (C=O) groups is 1. The number of hydrogen-bond donors (Lipinski definition) is 0. The van der Waals surface area contributed by atoms with E-state index in [1.807, 2.05) is 18.7 Å². The molecule has 2 aliphatic rings. The summed E-state index contributed by atoms with van der Waals surface area (Å²) in [6.45, 7) is 5.63. The summed E-state index contributed by atoms with van der Waals surface area (Å²) >= 11 is 0. The monoisotopic (exact) mass is 359 g/mol. The van der Waals surface area contributed by atoms with Crippen LogP contribution in [0.3, 0.4) is 0 Å². The highest BCUT2D eigenvalue weighted by Gasteiger charge is 2.33. The number of rotatable bonds is 3. The van der Waals surface area contributed by atoms with E-state index in [0.717, 1.165) is 12.8 Å². The fourth-order valence-electron chi connectivity index (χ4n) is 3.47. The molecule has 1 amide bonds. The van der Waals surface area contributed by atoms with Gasteiger partial charge in [0.25, 0.3) is 11.9 Å². The number of hydrogen-bond acceptors (Lipinski definition) is 6. The second-order valence-corrected chi connectivity index (χ2v) is 7.32. The van der Waals surface area contributed by atoms with Crippen LogP contribution in [-0.4, -0.2) is 51.4 Å². The molecule has 0 N–H and O–H groups in total. The summed E-state index contributed by atoms with van der Waals surface area (Å²) in [5.74, 6) is 0.944. The first-order valence-corrected chi connectivity index (χ1v) is 9.01. The third-order valence-electron chi connectivity index (χ3n) is 4.91. The minimum Gasteiger partial charge on any atom is -0.435 e. The predicted molar refractivity (Wildman–Crippen MR) is 92.3 cm³/mol. The third kappa shape index (κ3) is 3.27. The molecule has 138 valence electrons. The Kier molecular flexibility index (Phi) is 4.34. The van der Waals surface area contributed by atoms with Crippen LogP contribution in [0, 0.1) is 11.9 Å². The van der Waals surface area contributed by atoms with Crippen molar-refractivity contribution in [3.05, 3.63) is 36.2 Å². The average molecular weight is 359 g/mol. The first-order chi connectivity index (χ1) is 12.5. The molecule has 1 aliphatic carbocycles. The zero-order valence-electron chi connectivity index (χ0n) is 14.9. The van der Waals surface area contributed by atoms with Crippen molar-refractivity contribution < 1.29 is 13.6 Å². The number of halogens is 1. The lowest BCUT2D eigenvalue weighted by Crippen LogP contribution is -2.42. The predicted octanol–water partition coefficient (Wildman–Crippen LogP) is 2.47. The van der Waals surface area contributed by atoms with E-state index in [2.05, 4.69) is 15.0 Å². The molecule has 3 heterocycles. The summed E-state index contributed by atoms with van der Waals surface area (Å²) in [6.07, 6.45) is 6.49. The van der Waals surface area contributed by atoms with E-state index in [1.165, 1.54) is 18.6 Å². The van der Waals surface area contributed by atoms with Crippen LogP contribution in [-0.2, 0) is 0 Å². The van der Waals surface area contributed by atoms with Crippen LogP contribution >= 0.6 is 0 Å². The van der Waals surface area contributed by atoms with E-state index in [-0.39, 0.29) is 29.4 Å². The molecule has 1 saturated heterocycles. The van der Waals surface area contributed by atoms with Crippen molar-refractivity contribution >= 4 is 11.7 Å². The Morgan fingerprint density at radius 3 is 2.65 bits per heavy atom. The van der Waals surface area contributed by atoms with Crippen LogP contribution in [0.5, 0.6) is 0 Å². The fraction of sp³-hybridized carbons (Fsp3) is 0.556. The van der Waals surface area contributed by atoms with Gasteiger partial charge in [-0.3, -0.25) is 4.79 Å². The van der Waals surface area contributed by atoms with E-state index in [4.69, 9.17) is 4.42 Å². The van der Waals surface area contributed by atoms with E-state index in [1.54, 1.807) is 4.90 Å². The van der Waals surface area contributed by atoms with E-state index < -0.39 is 5.95 Å². The lowest BCUT2D eigenvalue weighted by molar-refractivity contribution is 0.0707. The first kappa shape index (κ1) is 16.9. The number of nitrogens with zero attached hydrogens (tertiary/aromatic N) is 5. The highest BCUT2D eigenvalue weighted by Crippen LogP contribution is 2.39. The topological polar surface area (TPSA) is 75.4 Å². The van der Waals surface area contributed by atoms with Crippen molar-refractivity contribution in [3.63, 3.8) is 0 Å². The summed E-state index contributed by atoms with van der Waals surface area (Å²) in [5, 5.41) is 0. The first-order valence-electron chi connectivity index (χ1n) is 9.01. The average Bonchev–Trinajstić information content (AvgIpc) is 3.38. The van der Waals surface area contributed by atoms with Crippen molar-refractivity contribution in [2.75, 3.05) is 24.5 Å². The van der Waals surface area contributed by atoms with Crippen molar-refractivity contribution in [1.82, 2.24) is 19.9 Å². The van der Waals surface area contributed by atoms with Gasteiger partial charge in [0.2, 0.25) is 5.76 Å². The molecular formula is C18H22FN5O2. The van der Waals surface area contributed by atoms with Gasteiger partial charge in [0, 0.05) is 44.0 Å². The largest absolute Gasteiger partial charge is 0.435 e. The molecule has 2 aromatic rings. The molecule has 26 heavy (non-hydrogen) atoms. The summed E-state index contributed by atoms with van der Waals surface area (Å²) in [5.41, 5.74) is 0. The maximum absolute atomic E-state index is 14.1. The molecule has 2 aromatic heterocycles. The van der Waals surface area contributed by atoms with E-state index in [0.29, 0.717) is 31.4 Å². The molecule has 1 saturated carbocycles. The number of oxazole rings is 1. The third-order valence-corrected chi connectivity index (χ3v) is 4.91. The maximum Gasteiger partial charge on any atom is 0.291 e. The van der Waals surface area contributed by atoms with Crippen molar-refractivity contribution in [1.29, 1.82) is 0 Å². The molecule has 0 bridgehead atoms. The molecule has 2 unspecified atom stereocenters. The van der Waals surface area contributed by atoms with Crippen molar-refractivity contribution in [2.45, 2.75) is 38.6 Å². The Balaban J connectivity index is 1.53. The molecule has 2 fully saturated rings. The SMILES string of the molecule is CC1CN(C(=O)c2cnc(C3CC3)o2)CC(C)N(c2nccnc2F)C1. The molecule has 2 atom stereocenters. The number of amides is 1. The molecule has 0 aromatic carbocycles. The number of carbonyl (C=O) groups excluding carboxylic acids is 1. The smallest absolute Gasteiger partial charge is 0.291 e. The van der Waals surface area contributed by atoms with Crippen molar-refractivity contribution in [3.8, 4) is 0 Å². The summed E-state index contributed by atoms with van der Waals surface area (Å²) in [7, 11) is 0. The van der Waals surface area contributed by atoms with Crippen LogP contribution < -0.4 is 4.90 Å². The van der Waals surface area contributed by atoms with Gasteiger partial charge in [-0.1, -0.05) is 6.92 Å². The van der Waals surface area contributed by atoms with Gasteiger partial charge in [-0.05, 0) is 25.7 Å². The molecule has 1 aliphatic heterocycles. The Morgan fingerprint density at radius 1 is 1.15 bits per heavy atom. The van der Waals surface area contributed by atoms with Gasteiger partial charge in [-0.25, -0.2) is 15.0 Å². The summed E-state index contributed by atoms with van der Waals surface area (Å²) < 4.78 is 19.8. The van der Waals surface area contributed by atoms with Gasteiger partial charge in [0.15, 0.2) is 11.7 Å². The molecule has 0 radical (unpaired) electrons. The van der Waals surface area contributed by atoms with Gasteiger partial charge in [0.05, 0.1) is 6.20 Å². The van der Waals surface area contributed by atoms with E-state index >= 15 is 0 Å². The molecular weight excluding hydrogens is 337 g/mol. The van der Waals surface area contributed by atoms with Gasteiger partial charge in [0.1, 0.15) is 0 Å². The molecule has 4 rings (SSSR count). The molecule has 0 spiro atoms. The Hall–Kier alpha value is -2.51. The van der Waals surface area contributed by atoms with E-state index in [9.17, 15) is 9.18 Å². The Bertz CT molecular complexity index is 806. The second-order valence-electron chi connectivity index (χ2n) is 7.32.